The topological polar surface area (TPSA) is 87.3 Å². The summed E-state index contributed by atoms with van der Waals surface area (Å²) in [5, 5.41) is 2.80. The zero-order chi connectivity index (χ0) is 19.1. The molecular weight excluding hydrogens is 368 g/mol. The van der Waals surface area contributed by atoms with E-state index in [1.54, 1.807) is 0 Å². The fourth-order valence-corrected chi connectivity index (χ4v) is 2.05. The third kappa shape index (κ3) is 5.52. The lowest BCUT2D eigenvalue weighted by Gasteiger charge is -2.09. The third-order valence-electron chi connectivity index (χ3n) is 3.24. The minimum absolute atomic E-state index is 0.0989. The predicted molar refractivity (Wildman–Crippen MR) is 90.4 cm³/mol. The molecule has 26 heavy (non-hydrogen) atoms. The first-order valence-corrected chi connectivity index (χ1v) is 7.82. The molecule has 2 aromatic carbocycles. The number of hydrogen-bond donors (Lipinski definition) is 3. The molecule has 3 N–H and O–H groups in total. The van der Waals surface area contributed by atoms with Gasteiger partial charge in [0.1, 0.15) is 11.6 Å². The van der Waals surface area contributed by atoms with Gasteiger partial charge in [0.05, 0.1) is 5.56 Å². The minimum Gasteiger partial charge on any atom is -0.351 e. The Hall–Kier alpha value is -3.00. The van der Waals surface area contributed by atoms with E-state index < -0.39 is 29.4 Å². The largest absolute Gasteiger partial charge is 0.351 e. The zero-order valence-corrected chi connectivity index (χ0v) is 14.1. The van der Waals surface area contributed by atoms with Gasteiger partial charge in [0.25, 0.3) is 11.8 Å². The molecule has 9 heteroatoms. The van der Waals surface area contributed by atoms with Crippen molar-refractivity contribution in [2.24, 2.45) is 0 Å². The summed E-state index contributed by atoms with van der Waals surface area (Å²) >= 11 is 5.71. The van der Waals surface area contributed by atoms with Crippen molar-refractivity contribution in [3.8, 4) is 0 Å². The van der Waals surface area contributed by atoms with Gasteiger partial charge in [-0.3, -0.25) is 25.2 Å². The predicted octanol–water partition coefficient (Wildman–Crippen LogP) is 2.20. The standard InChI is InChI=1S/C17H14ClF2N3O3/c18-11-3-1-10(2-4-11)16(25)23-22-15(24)7-8-21-17(26)13-6-5-12(19)9-14(13)20/h1-6,9H,7-8H2,(H,21,26)(H,22,24)(H,23,25). The molecule has 0 radical (unpaired) electrons. The molecule has 0 aliphatic heterocycles. The van der Waals surface area contributed by atoms with Gasteiger partial charge in [0.2, 0.25) is 5.91 Å². The second-order valence-electron chi connectivity index (χ2n) is 5.14. The first-order valence-electron chi connectivity index (χ1n) is 7.45. The van der Waals surface area contributed by atoms with E-state index in [1.165, 1.54) is 24.3 Å². The summed E-state index contributed by atoms with van der Waals surface area (Å²) in [5.74, 6) is -3.67. The Bertz CT molecular complexity index is 829. The fraction of sp³-hybridized carbons (Fsp3) is 0.118. The molecule has 0 aliphatic carbocycles. The van der Waals surface area contributed by atoms with E-state index >= 15 is 0 Å². The molecule has 2 aromatic rings. The van der Waals surface area contributed by atoms with Crippen molar-refractivity contribution in [2.75, 3.05) is 6.54 Å². The molecule has 0 fully saturated rings. The van der Waals surface area contributed by atoms with E-state index in [0.717, 1.165) is 12.1 Å². The molecule has 0 unspecified atom stereocenters. The maximum atomic E-state index is 13.4. The van der Waals surface area contributed by atoms with Crippen LogP contribution in [0.3, 0.4) is 0 Å². The average molecular weight is 382 g/mol. The Labute approximate surface area is 152 Å². The Balaban J connectivity index is 1.74. The number of hydrazine groups is 1. The van der Waals surface area contributed by atoms with E-state index in [9.17, 15) is 23.2 Å². The monoisotopic (exact) mass is 381 g/mol. The van der Waals surface area contributed by atoms with E-state index in [4.69, 9.17) is 11.6 Å². The van der Waals surface area contributed by atoms with E-state index in [-0.39, 0.29) is 18.5 Å². The first kappa shape index (κ1) is 19.3. The number of rotatable bonds is 5. The van der Waals surface area contributed by atoms with Crippen LogP contribution in [-0.4, -0.2) is 24.3 Å². The van der Waals surface area contributed by atoms with Crippen molar-refractivity contribution in [1.82, 2.24) is 16.2 Å². The smallest absolute Gasteiger partial charge is 0.269 e. The minimum atomic E-state index is -0.998. The van der Waals surface area contributed by atoms with Crippen LogP contribution < -0.4 is 16.2 Å². The van der Waals surface area contributed by atoms with Crippen LogP contribution in [0.4, 0.5) is 8.78 Å². The van der Waals surface area contributed by atoms with Crippen LogP contribution in [0, 0.1) is 11.6 Å². The molecule has 2 rings (SSSR count). The number of hydrogen-bond acceptors (Lipinski definition) is 3. The second kappa shape index (κ2) is 8.91. The Kier molecular flexibility index (Phi) is 6.62. The molecule has 136 valence electrons. The van der Waals surface area contributed by atoms with Crippen LogP contribution >= 0.6 is 11.6 Å². The molecule has 0 aliphatic rings. The van der Waals surface area contributed by atoms with Gasteiger partial charge in [-0.25, -0.2) is 8.78 Å². The number of carbonyl (C=O) groups excluding carboxylic acids is 3. The Morgan fingerprint density at radius 1 is 0.923 bits per heavy atom. The van der Waals surface area contributed by atoms with E-state index in [2.05, 4.69) is 16.2 Å². The Morgan fingerprint density at radius 2 is 1.62 bits per heavy atom. The lowest BCUT2D eigenvalue weighted by molar-refractivity contribution is -0.121. The second-order valence-corrected chi connectivity index (χ2v) is 5.58. The summed E-state index contributed by atoms with van der Waals surface area (Å²) in [6.07, 6.45) is -0.157. The van der Waals surface area contributed by atoms with Gasteiger partial charge in [-0.1, -0.05) is 11.6 Å². The van der Waals surface area contributed by atoms with Gasteiger partial charge < -0.3 is 5.32 Å². The van der Waals surface area contributed by atoms with Crippen molar-refractivity contribution >= 4 is 29.3 Å². The zero-order valence-electron chi connectivity index (χ0n) is 13.3. The van der Waals surface area contributed by atoms with Crippen molar-refractivity contribution in [1.29, 1.82) is 0 Å². The highest BCUT2D eigenvalue weighted by Crippen LogP contribution is 2.10. The van der Waals surface area contributed by atoms with Crippen LogP contribution in [0.15, 0.2) is 42.5 Å². The Morgan fingerprint density at radius 3 is 2.27 bits per heavy atom. The highest BCUT2D eigenvalue weighted by atomic mass is 35.5. The third-order valence-corrected chi connectivity index (χ3v) is 3.49. The van der Waals surface area contributed by atoms with Crippen LogP contribution in [0.2, 0.25) is 5.02 Å². The van der Waals surface area contributed by atoms with Crippen LogP contribution in [0.1, 0.15) is 27.1 Å². The fourth-order valence-electron chi connectivity index (χ4n) is 1.92. The molecule has 3 amide bonds. The summed E-state index contributed by atoms with van der Waals surface area (Å²) in [6, 6.07) is 8.59. The first-order chi connectivity index (χ1) is 12.4. The molecular formula is C17H14ClF2N3O3. The molecule has 6 nitrogen and oxygen atoms in total. The van der Waals surface area contributed by atoms with Crippen molar-refractivity contribution in [3.05, 3.63) is 70.2 Å². The molecule has 0 heterocycles. The van der Waals surface area contributed by atoms with Crippen molar-refractivity contribution in [3.63, 3.8) is 0 Å². The lowest BCUT2D eigenvalue weighted by atomic mass is 10.2. The summed E-state index contributed by atoms with van der Waals surface area (Å²) < 4.78 is 26.2. The van der Waals surface area contributed by atoms with Gasteiger partial charge >= 0.3 is 0 Å². The van der Waals surface area contributed by atoms with Crippen LogP contribution in [0.25, 0.3) is 0 Å². The number of amides is 3. The van der Waals surface area contributed by atoms with Gasteiger partial charge in [-0.05, 0) is 36.4 Å². The summed E-state index contributed by atoms with van der Waals surface area (Å²) in [4.78, 5) is 35.2. The summed E-state index contributed by atoms with van der Waals surface area (Å²) in [6.45, 7) is -0.0989. The highest BCUT2D eigenvalue weighted by Gasteiger charge is 2.13. The molecule has 0 spiro atoms. The molecule has 0 aromatic heterocycles. The molecule has 0 atom stereocenters. The van der Waals surface area contributed by atoms with Gasteiger partial charge in [-0.2, -0.15) is 0 Å². The van der Waals surface area contributed by atoms with Crippen LogP contribution in [0.5, 0.6) is 0 Å². The normalized spacial score (nSPS) is 10.1. The van der Waals surface area contributed by atoms with Gasteiger partial charge in [-0.15, -0.1) is 0 Å². The number of halogens is 3. The van der Waals surface area contributed by atoms with Gasteiger partial charge in [0.15, 0.2) is 0 Å². The van der Waals surface area contributed by atoms with E-state index in [1.807, 2.05) is 0 Å². The maximum absolute atomic E-state index is 13.4. The van der Waals surface area contributed by atoms with Gasteiger partial charge in [0, 0.05) is 29.6 Å². The van der Waals surface area contributed by atoms with Crippen molar-refractivity contribution < 1.29 is 23.2 Å². The number of benzene rings is 2. The van der Waals surface area contributed by atoms with E-state index in [0.29, 0.717) is 16.7 Å². The summed E-state index contributed by atoms with van der Waals surface area (Å²) in [5.41, 5.74) is 4.36. The molecule has 0 bridgehead atoms. The number of nitrogens with one attached hydrogen (secondary N) is 3. The average Bonchev–Trinajstić information content (AvgIpc) is 2.60. The summed E-state index contributed by atoms with van der Waals surface area (Å²) in [7, 11) is 0. The quantitative estimate of drug-likeness (QED) is 0.694. The van der Waals surface area contributed by atoms with Crippen LogP contribution in [-0.2, 0) is 4.79 Å². The lowest BCUT2D eigenvalue weighted by Crippen LogP contribution is -2.42. The molecule has 0 saturated heterocycles. The number of carbonyl (C=O) groups is 3. The van der Waals surface area contributed by atoms with Crippen molar-refractivity contribution in [2.45, 2.75) is 6.42 Å². The molecule has 0 saturated carbocycles. The highest BCUT2D eigenvalue weighted by molar-refractivity contribution is 6.30. The SMILES string of the molecule is O=C(CCNC(=O)c1ccc(F)cc1F)NNC(=O)c1ccc(Cl)cc1. The maximum Gasteiger partial charge on any atom is 0.269 e.